The van der Waals surface area contributed by atoms with Gasteiger partial charge >= 0.3 is 0 Å². The number of aromatic nitrogens is 2. The first kappa shape index (κ1) is 14.6. The number of ether oxygens (including phenoxy) is 1. The molecule has 2 heterocycles. The highest BCUT2D eigenvalue weighted by Gasteiger charge is 2.33. The largest absolute Gasteiger partial charge is 0.488 e. The molecular formula is C16H20BrN3O. The minimum atomic E-state index is 0.0935. The van der Waals surface area contributed by atoms with Crippen LogP contribution in [0, 0.1) is 0 Å². The lowest BCUT2D eigenvalue weighted by atomic mass is 10.0. The van der Waals surface area contributed by atoms with Crippen LogP contribution in [-0.2, 0) is 13.0 Å². The number of hydrogen-bond donors (Lipinski definition) is 1. The number of para-hydroxylation sites is 1. The number of likely N-dealkylation sites (N-methyl/N-ethyl adjacent to an activating group) is 1. The van der Waals surface area contributed by atoms with Crippen LogP contribution < -0.4 is 10.1 Å². The number of halogens is 1. The predicted octanol–water partition coefficient (Wildman–Crippen LogP) is 3.32. The average Bonchev–Trinajstić information content (AvgIpc) is 3.06. The average molecular weight is 350 g/mol. The van der Waals surface area contributed by atoms with Crippen molar-refractivity contribution in [2.24, 2.45) is 0 Å². The number of fused-ring (bicyclic) bond motifs is 1. The van der Waals surface area contributed by atoms with Gasteiger partial charge in [-0.25, -0.2) is 0 Å². The minimum Gasteiger partial charge on any atom is -0.488 e. The van der Waals surface area contributed by atoms with Gasteiger partial charge in [0, 0.05) is 13.0 Å². The van der Waals surface area contributed by atoms with E-state index in [9.17, 15) is 0 Å². The van der Waals surface area contributed by atoms with E-state index in [-0.39, 0.29) is 12.1 Å². The third kappa shape index (κ3) is 2.72. The highest BCUT2D eigenvalue weighted by molar-refractivity contribution is 9.10. The van der Waals surface area contributed by atoms with Crippen molar-refractivity contribution in [3.05, 3.63) is 46.2 Å². The number of nitrogens with one attached hydrogen (secondary N) is 1. The highest BCUT2D eigenvalue weighted by Crippen LogP contribution is 2.36. The maximum absolute atomic E-state index is 6.15. The zero-order chi connectivity index (χ0) is 14.8. The fourth-order valence-corrected chi connectivity index (χ4v) is 3.51. The quantitative estimate of drug-likeness (QED) is 0.899. The zero-order valence-corrected chi connectivity index (χ0v) is 13.9. The molecule has 2 atom stereocenters. The molecule has 3 rings (SSSR count). The molecule has 1 aromatic heterocycles. The van der Waals surface area contributed by atoms with Crippen molar-refractivity contribution < 1.29 is 4.74 Å². The Hall–Kier alpha value is -1.33. The monoisotopic (exact) mass is 349 g/mol. The Labute approximate surface area is 133 Å². The van der Waals surface area contributed by atoms with Crippen LogP contribution >= 0.6 is 15.9 Å². The van der Waals surface area contributed by atoms with Gasteiger partial charge in [0.25, 0.3) is 0 Å². The fourth-order valence-electron chi connectivity index (χ4n) is 2.96. The van der Waals surface area contributed by atoms with Crippen molar-refractivity contribution >= 4 is 15.9 Å². The zero-order valence-electron chi connectivity index (χ0n) is 12.3. The summed E-state index contributed by atoms with van der Waals surface area (Å²) in [5, 5.41) is 7.87. The van der Waals surface area contributed by atoms with Gasteiger partial charge < -0.3 is 10.1 Å². The van der Waals surface area contributed by atoms with Gasteiger partial charge in [-0.05, 0) is 41.0 Å². The van der Waals surface area contributed by atoms with Gasteiger partial charge in [0.1, 0.15) is 11.9 Å². The molecule has 4 nitrogen and oxygen atoms in total. The second-order valence-corrected chi connectivity index (χ2v) is 6.19. The summed E-state index contributed by atoms with van der Waals surface area (Å²) < 4.78 is 9.25. The van der Waals surface area contributed by atoms with Gasteiger partial charge in [0.15, 0.2) is 0 Å². The number of aryl methyl sites for hydroxylation is 1. The van der Waals surface area contributed by atoms with Crippen LogP contribution in [-0.4, -0.2) is 22.9 Å². The molecular weight excluding hydrogens is 330 g/mol. The molecule has 2 unspecified atom stereocenters. The molecule has 1 N–H and O–H groups in total. The Bertz CT molecular complexity index is 601. The van der Waals surface area contributed by atoms with Crippen molar-refractivity contribution in [3.63, 3.8) is 0 Å². The number of nitrogens with zero attached hydrogens (tertiary/aromatic N) is 2. The summed E-state index contributed by atoms with van der Waals surface area (Å²) in [6.07, 6.45) is 3.95. The van der Waals surface area contributed by atoms with Gasteiger partial charge in [-0.3, -0.25) is 4.68 Å². The second-order valence-electron chi connectivity index (χ2n) is 5.34. The SMILES string of the molecule is CCCn1ncc(Br)c1C(NC)C1Cc2ccccc2O1. The predicted molar refractivity (Wildman–Crippen MR) is 86.6 cm³/mol. The van der Waals surface area contributed by atoms with Gasteiger partial charge in [-0.15, -0.1) is 0 Å². The van der Waals surface area contributed by atoms with Crippen molar-refractivity contribution in [2.45, 2.75) is 38.5 Å². The van der Waals surface area contributed by atoms with E-state index in [1.807, 2.05) is 25.4 Å². The number of hydrogen-bond acceptors (Lipinski definition) is 3. The second kappa shape index (κ2) is 6.20. The molecule has 0 fully saturated rings. The van der Waals surface area contributed by atoms with E-state index in [4.69, 9.17) is 4.74 Å². The smallest absolute Gasteiger partial charge is 0.124 e. The van der Waals surface area contributed by atoms with Crippen molar-refractivity contribution in [1.29, 1.82) is 0 Å². The van der Waals surface area contributed by atoms with E-state index in [2.05, 4.69) is 50.1 Å². The van der Waals surface area contributed by atoms with Crippen molar-refractivity contribution in [3.8, 4) is 5.75 Å². The molecule has 0 radical (unpaired) electrons. The fraction of sp³-hybridized carbons (Fsp3) is 0.438. The maximum atomic E-state index is 6.15. The van der Waals surface area contributed by atoms with Crippen LogP contribution in [0.3, 0.4) is 0 Å². The molecule has 1 aliphatic heterocycles. The van der Waals surface area contributed by atoms with Crippen LogP contribution in [0.4, 0.5) is 0 Å². The van der Waals surface area contributed by atoms with Gasteiger partial charge in [0.2, 0.25) is 0 Å². The third-order valence-corrected chi connectivity index (χ3v) is 4.53. The molecule has 0 saturated carbocycles. The van der Waals surface area contributed by atoms with E-state index < -0.39 is 0 Å². The van der Waals surface area contributed by atoms with Gasteiger partial charge in [0.05, 0.1) is 22.4 Å². The summed E-state index contributed by atoms with van der Waals surface area (Å²) in [7, 11) is 1.98. The van der Waals surface area contributed by atoms with Gasteiger partial charge in [-0.2, -0.15) is 5.10 Å². The lowest BCUT2D eigenvalue weighted by molar-refractivity contribution is 0.177. The van der Waals surface area contributed by atoms with E-state index in [0.717, 1.165) is 35.3 Å². The summed E-state index contributed by atoms with van der Waals surface area (Å²) in [5.41, 5.74) is 2.44. The Morgan fingerprint density at radius 2 is 2.29 bits per heavy atom. The molecule has 21 heavy (non-hydrogen) atoms. The summed E-state index contributed by atoms with van der Waals surface area (Å²) in [6, 6.07) is 8.38. The minimum absolute atomic E-state index is 0.0935. The normalized spacial score (nSPS) is 18.3. The van der Waals surface area contributed by atoms with Crippen LogP contribution in [0.5, 0.6) is 5.75 Å². The molecule has 1 aromatic carbocycles. The van der Waals surface area contributed by atoms with Crippen LogP contribution in [0.2, 0.25) is 0 Å². The van der Waals surface area contributed by atoms with Crippen LogP contribution in [0.15, 0.2) is 34.9 Å². The molecule has 0 amide bonds. The number of rotatable bonds is 5. The third-order valence-electron chi connectivity index (χ3n) is 3.92. The van der Waals surface area contributed by atoms with Gasteiger partial charge in [-0.1, -0.05) is 25.1 Å². The lowest BCUT2D eigenvalue weighted by Gasteiger charge is -2.24. The summed E-state index contributed by atoms with van der Waals surface area (Å²) >= 11 is 3.63. The molecule has 0 spiro atoms. The van der Waals surface area contributed by atoms with E-state index in [1.165, 1.54) is 5.56 Å². The van der Waals surface area contributed by atoms with Crippen molar-refractivity contribution in [2.75, 3.05) is 7.05 Å². The molecule has 1 aliphatic rings. The van der Waals surface area contributed by atoms with Crippen LogP contribution in [0.25, 0.3) is 0 Å². The Kier molecular flexibility index (Phi) is 4.31. The first-order chi connectivity index (χ1) is 10.2. The summed E-state index contributed by atoms with van der Waals surface area (Å²) in [6.45, 7) is 3.08. The van der Waals surface area contributed by atoms with E-state index in [1.54, 1.807) is 0 Å². The summed E-state index contributed by atoms with van der Waals surface area (Å²) in [4.78, 5) is 0. The number of benzene rings is 1. The first-order valence-electron chi connectivity index (χ1n) is 7.37. The van der Waals surface area contributed by atoms with E-state index >= 15 is 0 Å². The topological polar surface area (TPSA) is 39.1 Å². The molecule has 2 aromatic rings. The Morgan fingerprint density at radius 3 is 3.00 bits per heavy atom. The maximum Gasteiger partial charge on any atom is 0.124 e. The Morgan fingerprint density at radius 1 is 1.48 bits per heavy atom. The molecule has 0 aliphatic carbocycles. The van der Waals surface area contributed by atoms with Crippen molar-refractivity contribution in [1.82, 2.24) is 15.1 Å². The molecule has 0 saturated heterocycles. The summed E-state index contributed by atoms with van der Waals surface area (Å²) in [5.74, 6) is 1.00. The highest BCUT2D eigenvalue weighted by atomic mass is 79.9. The molecule has 112 valence electrons. The first-order valence-corrected chi connectivity index (χ1v) is 8.17. The van der Waals surface area contributed by atoms with E-state index in [0.29, 0.717) is 0 Å². The molecule has 0 bridgehead atoms. The van der Waals surface area contributed by atoms with Crippen LogP contribution in [0.1, 0.15) is 30.6 Å². The lowest BCUT2D eigenvalue weighted by Crippen LogP contribution is -2.34. The molecule has 5 heteroatoms. The standard InChI is InChI=1S/C16H20BrN3O/c1-3-8-20-16(12(17)10-19-20)15(18-2)14-9-11-6-4-5-7-13(11)21-14/h4-7,10,14-15,18H,3,8-9H2,1-2H3. The Balaban J connectivity index is 1.89.